The van der Waals surface area contributed by atoms with Gasteiger partial charge in [-0.3, -0.25) is 9.59 Å². The topological polar surface area (TPSA) is 227 Å². The number of aliphatic hydroxyl groups is 1. The van der Waals surface area contributed by atoms with Crippen molar-refractivity contribution in [2.24, 2.45) is 0 Å². The summed E-state index contributed by atoms with van der Waals surface area (Å²) in [6.07, 6.45) is 0. The molecule has 6 aliphatic heterocycles. The SMILES string of the molecule is BrB(Br)Br.Brc1cc2c3c(c1)Oc1ccc(Br)cc1C3CO2.COc1cc(Br)cc2c1C(C(=O)O)c1cc(Br)ccc1O2.COc1cc(Br)cc2c1C(CCl)c1cc(Br)ccc1O2.COc1cc(Br)cc2c1C(CO)c1cc(Br)ccc1O2.O=CO[O-].O=S(Cl)Cl.Oc1cc(Br)cc2c1C(CCl)c1cc(Br)ccc1O2.[B].[H-].[K+].[K+]. The molecule has 0 amide bonds. The van der Waals surface area contributed by atoms with Gasteiger partial charge in [-0.25, -0.2) is 4.21 Å². The number of hydrogen-bond acceptors (Lipinski definition) is 16. The van der Waals surface area contributed by atoms with Crippen molar-refractivity contribution in [1.29, 1.82) is 0 Å². The van der Waals surface area contributed by atoms with Crippen molar-refractivity contribution in [2.45, 2.75) is 29.6 Å². The molecule has 3 N–H and O–H groups in total. The van der Waals surface area contributed by atoms with Gasteiger partial charge < -0.3 is 69.5 Å². The van der Waals surface area contributed by atoms with E-state index in [-0.39, 0.29) is 158 Å². The van der Waals surface area contributed by atoms with Crippen LogP contribution in [0.5, 0.6) is 86.2 Å². The van der Waals surface area contributed by atoms with Crippen LogP contribution in [0, 0.1) is 0 Å². The maximum Gasteiger partial charge on any atom is 1.00 e. The number of benzene rings is 10. The number of phenolic OH excluding ortho intramolecular Hbond substituents is 1. The van der Waals surface area contributed by atoms with Crippen molar-refractivity contribution >= 4 is 284 Å². The molecule has 0 aliphatic carbocycles. The zero-order chi connectivity index (χ0) is 80.1. The number of carbonyl (C=O) groups is 2. The van der Waals surface area contributed by atoms with Crippen LogP contribution in [-0.4, -0.2) is 89.9 Å². The van der Waals surface area contributed by atoms with Gasteiger partial charge in [-0.15, -0.1) is 70.5 Å². The van der Waals surface area contributed by atoms with Crippen molar-refractivity contribution in [1.82, 2.24) is 0 Å². The number of methoxy groups -OCH3 is 3. The minimum absolute atomic E-state index is 0. The van der Waals surface area contributed by atoms with Crippen LogP contribution in [0.25, 0.3) is 0 Å². The Morgan fingerprint density at radius 2 is 0.761 bits per heavy atom. The fourth-order valence-corrected chi connectivity index (χ4v) is 17.1. The Morgan fingerprint density at radius 3 is 1.12 bits per heavy atom. The van der Waals surface area contributed by atoms with E-state index in [4.69, 9.17) is 80.1 Å². The van der Waals surface area contributed by atoms with Crippen molar-refractivity contribution in [3.05, 3.63) is 252 Å². The monoisotopic (exact) mass is 2510 g/mol. The molecule has 10 aromatic rings. The van der Waals surface area contributed by atoms with Crippen molar-refractivity contribution in [3.8, 4) is 86.2 Å². The van der Waals surface area contributed by atoms with Gasteiger partial charge >= 0.3 is 112 Å². The smallest absolute Gasteiger partial charge is 1.00 e. The second kappa shape index (κ2) is 48.3. The Balaban J connectivity index is 0.000000243. The molecule has 3 radical (unpaired) electrons. The van der Waals surface area contributed by atoms with Crippen LogP contribution in [0.1, 0.15) is 86.7 Å². The quantitative estimate of drug-likeness (QED) is 0.0321. The van der Waals surface area contributed by atoms with E-state index < -0.39 is 21.1 Å². The maximum atomic E-state index is 11.8. The summed E-state index contributed by atoms with van der Waals surface area (Å²) in [7, 11) is 12.1. The summed E-state index contributed by atoms with van der Waals surface area (Å²) >= 11 is 56.1. The first-order valence-corrected chi connectivity index (χ1v) is 45.9. The molecule has 10 aromatic carbocycles. The molecule has 17 nitrogen and oxygen atoms in total. The summed E-state index contributed by atoms with van der Waals surface area (Å²) in [5, 5.41) is 38.1. The molecule has 0 fully saturated rings. The average molecular weight is 2530 g/mol. The van der Waals surface area contributed by atoms with E-state index in [0.717, 1.165) is 124 Å². The summed E-state index contributed by atoms with van der Waals surface area (Å²) in [5.74, 6) is 9.65. The number of fused-ring (bicyclic) bond motifs is 10. The molecule has 113 heavy (non-hydrogen) atoms. The van der Waals surface area contributed by atoms with Gasteiger partial charge in [0.15, 0.2) is 0 Å². The van der Waals surface area contributed by atoms with Gasteiger partial charge in [-0.1, -0.05) is 159 Å². The van der Waals surface area contributed by atoms with Gasteiger partial charge in [0.05, 0.1) is 46.0 Å². The van der Waals surface area contributed by atoms with E-state index in [1.165, 1.54) is 18.2 Å². The molecule has 0 spiro atoms. The Hall–Kier alpha value is 0.0126. The molecule has 0 aromatic heterocycles. The number of aliphatic hydroxyl groups excluding tert-OH is 1. The standard InChI is InChI=1S/C15H11Br2ClO2.C15H10Br2O4.C15H12Br2O3.C14H9Br2ClO2.C14H8Br2O2.CH2O3.BBr3.B.Cl2OS.2K.H/c1-19-13-5-9(17)6-14-15(13)11(7-18)10-4-8(16)2-3-12(10)20-14;1-20-11-5-8(17)6-12-14(11)13(15(18)19)9-4-7(16)2-3-10(9)21-12;1-19-13-5-9(17)6-14-15(13)11(7-18)10-4-8(16)2-3-12(10)20-14;15-7-1-2-12-9(3-7)10(6-17)14-11(18)4-8(16)5-13(14)19-12;15-7-1-2-11-9(3-7)10-6-17-12-4-8(16)5-13(18-11)14(10)12;2-1-4-3;2-1(3)4;;1-4(2)3;;;/h2-6,11H,7H2,1H3;2-6,13H,1H3,(H,18,19);2-6,11,18H,7H2,1H3;1-5,10,18H,6H2;1-5,10H,6H2;1,3H;;;;;;/q;;;;;;;;;2*+1;-1/p-1. The number of carboxylic acid groups (broad SMARTS) is 1. The first kappa shape index (κ1) is 102. The van der Waals surface area contributed by atoms with Gasteiger partial charge in [-0.05, 0) is 152 Å². The first-order chi connectivity index (χ1) is 52.5. The molecule has 5 unspecified atom stereocenters. The van der Waals surface area contributed by atoms with Crippen LogP contribution in [0.2, 0.25) is 0 Å². The molecular weight excluding hydrogens is 2470 g/mol. The number of carbonyl (C=O) groups excluding carboxylic acids is 1. The van der Waals surface area contributed by atoms with E-state index in [2.05, 4.69) is 239 Å². The predicted octanol–water partition coefficient (Wildman–Crippen LogP) is 20.3. The van der Waals surface area contributed by atoms with Crippen molar-refractivity contribution in [2.75, 3.05) is 46.3 Å². The minimum atomic E-state index is -1.67. The second-order valence-electron chi connectivity index (χ2n) is 23.0. The summed E-state index contributed by atoms with van der Waals surface area (Å²) in [5.41, 5.74) is 9.11. The van der Waals surface area contributed by atoms with Crippen molar-refractivity contribution < 1.29 is 186 Å². The number of ether oxygens (including phenoxy) is 9. The van der Waals surface area contributed by atoms with Gasteiger partial charge in [0.2, 0.25) is 9.23 Å². The van der Waals surface area contributed by atoms with Crippen LogP contribution >= 0.6 is 251 Å². The molecule has 5 atom stereocenters. The van der Waals surface area contributed by atoms with Crippen LogP contribution < -0.4 is 151 Å². The molecule has 0 saturated carbocycles. The van der Waals surface area contributed by atoms with Crippen LogP contribution in [-0.2, 0) is 23.7 Å². The van der Waals surface area contributed by atoms with E-state index in [0.29, 0.717) is 64.0 Å². The average Bonchev–Trinajstić information content (AvgIpc) is 1.67. The summed E-state index contributed by atoms with van der Waals surface area (Å²) in [6.45, 7) is 0.503. The first-order valence-electron chi connectivity index (χ1n) is 31.3. The van der Waals surface area contributed by atoms with Crippen LogP contribution in [0.3, 0.4) is 0 Å². The van der Waals surface area contributed by atoms with Gasteiger partial charge in [-0.2, -0.15) is 0 Å². The third-order valence-electron chi connectivity index (χ3n) is 16.7. The maximum absolute atomic E-state index is 11.8. The van der Waals surface area contributed by atoms with Gasteiger partial charge in [0.25, 0.3) is 6.47 Å². The van der Waals surface area contributed by atoms with Gasteiger partial charge in [0, 0.05) is 154 Å². The van der Waals surface area contributed by atoms with E-state index in [9.17, 15) is 20.1 Å². The number of rotatable bonds is 8. The van der Waals surface area contributed by atoms with E-state index in [1.54, 1.807) is 44.6 Å². The largest absolute Gasteiger partial charge is 1.00 e. The Kier molecular flexibility index (Phi) is 43.5. The summed E-state index contributed by atoms with van der Waals surface area (Å²) < 4.78 is 70.1. The number of hydrogen-bond donors (Lipinski definition) is 3. The minimum Gasteiger partial charge on any atom is -1.00 e. The summed E-state index contributed by atoms with van der Waals surface area (Å²) in [6, 6.07) is 47.7. The Morgan fingerprint density at radius 1 is 0.478 bits per heavy atom. The van der Waals surface area contributed by atoms with E-state index >= 15 is 0 Å². The number of alkyl halides is 2. The summed E-state index contributed by atoms with van der Waals surface area (Å²) in [4.78, 5) is 23.1. The predicted molar refractivity (Wildman–Crippen MR) is 480 cm³/mol. The molecule has 6 aliphatic rings. The molecule has 583 valence electrons. The number of phenols is 1. The van der Waals surface area contributed by atoms with Crippen LogP contribution in [0.4, 0.5) is 0 Å². The van der Waals surface area contributed by atoms with Crippen molar-refractivity contribution in [3.63, 3.8) is 0 Å². The number of aliphatic carboxylic acids is 1. The fourth-order valence-electron chi connectivity index (χ4n) is 12.4. The molecule has 6 heterocycles. The molecular formula is C74H52B2Br13Cl4K2O17S. The normalized spacial score (nSPS) is 15.1. The fraction of sp³-hybridized carbons (Fsp3) is 0.162. The molecule has 0 bridgehead atoms. The zero-order valence-electron chi connectivity index (χ0n) is 59.8. The number of carboxylic acids is 1. The molecule has 0 saturated heterocycles. The zero-order valence-corrected chi connectivity index (χ0v) is 89.5. The second-order valence-corrected chi connectivity index (χ2v) is 41.8. The Bertz CT molecular complexity index is 4990. The number of halogens is 17. The third kappa shape index (κ3) is 26.3. The van der Waals surface area contributed by atoms with E-state index in [1.807, 2.05) is 115 Å². The number of aromatic hydroxyl groups is 1. The van der Waals surface area contributed by atoms with Crippen LogP contribution in [0.15, 0.2) is 196 Å². The Labute approximate surface area is 870 Å². The molecule has 39 heteroatoms. The molecule has 16 rings (SSSR count). The third-order valence-corrected chi connectivity index (χ3v) is 22.0. The van der Waals surface area contributed by atoms with Gasteiger partial charge in [0.1, 0.15) is 92.2 Å².